The van der Waals surface area contributed by atoms with Crippen LogP contribution in [0.15, 0.2) is 18.2 Å². The van der Waals surface area contributed by atoms with Gasteiger partial charge in [-0.3, -0.25) is 4.79 Å². The first-order valence-corrected chi connectivity index (χ1v) is 8.53. The van der Waals surface area contributed by atoms with E-state index >= 15 is 0 Å². The van der Waals surface area contributed by atoms with E-state index in [9.17, 15) is 9.59 Å². The van der Waals surface area contributed by atoms with Crippen LogP contribution in [-0.4, -0.2) is 32.6 Å². The molecular formula is C19H28O5. The van der Waals surface area contributed by atoms with E-state index in [0.29, 0.717) is 0 Å². The Kier molecular flexibility index (Phi) is 9.58. The monoisotopic (exact) mass is 336 g/mol. The molecule has 0 N–H and O–H groups in total. The van der Waals surface area contributed by atoms with Crippen molar-refractivity contribution < 1.29 is 23.8 Å². The summed E-state index contributed by atoms with van der Waals surface area (Å²) in [7, 11) is 3.27. The number of hydrogen-bond donors (Lipinski definition) is 0. The van der Waals surface area contributed by atoms with Gasteiger partial charge in [0.1, 0.15) is 0 Å². The van der Waals surface area contributed by atoms with Gasteiger partial charge in [-0.2, -0.15) is 0 Å². The fourth-order valence-electron chi connectivity index (χ4n) is 2.49. The summed E-state index contributed by atoms with van der Waals surface area (Å²) < 4.78 is 15.2. The maximum Gasteiger partial charge on any atom is 0.374 e. The van der Waals surface area contributed by atoms with Crippen LogP contribution in [0.4, 0.5) is 0 Å². The van der Waals surface area contributed by atoms with Crippen LogP contribution in [0.25, 0.3) is 0 Å². The minimum absolute atomic E-state index is 0.251. The maximum atomic E-state index is 11.4. The molecule has 24 heavy (non-hydrogen) atoms. The van der Waals surface area contributed by atoms with Gasteiger partial charge in [-0.1, -0.05) is 25.3 Å². The van der Waals surface area contributed by atoms with Gasteiger partial charge in [0.15, 0.2) is 11.5 Å². The van der Waals surface area contributed by atoms with E-state index in [2.05, 4.69) is 10.8 Å². The highest BCUT2D eigenvalue weighted by atomic mass is 16.5. The van der Waals surface area contributed by atoms with Gasteiger partial charge in [0.05, 0.1) is 20.8 Å². The first-order chi connectivity index (χ1) is 11.6. The quantitative estimate of drug-likeness (QED) is 0.331. The van der Waals surface area contributed by atoms with E-state index in [-0.39, 0.29) is 13.0 Å². The molecule has 0 atom stereocenters. The third-order valence-corrected chi connectivity index (χ3v) is 3.82. The Morgan fingerprint density at radius 1 is 0.917 bits per heavy atom. The molecule has 1 aromatic carbocycles. The van der Waals surface area contributed by atoms with Gasteiger partial charge in [0.25, 0.3) is 0 Å². The molecule has 0 saturated heterocycles. The molecule has 0 aliphatic carbocycles. The fourth-order valence-corrected chi connectivity index (χ4v) is 2.49. The van der Waals surface area contributed by atoms with Crippen LogP contribution in [-0.2, 0) is 20.7 Å². The fraction of sp³-hybridized carbons (Fsp3) is 0.579. The summed E-state index contributed by atoms with van der Waals surface area (Å²) in [4.78, 5) is 22.6. The van der Waals surface area contributed by atoms with Gasteiger partial charge in [-0.05, 0) is 43.9 Å². The number of esters is 1. The Morgan fingerprint density at radius 2 is 1.58 bits per heavy atom. The molecule has 0 aliphatic heterocycles. The van der Waals surface area contributed by atoms with Crippen molar-refractivity contribution in [3.05, 3.63) is 23.8 Å². The summed E-state index contributed by atoms with van der Waals surface area (Å²) in [5.74, 6) is 0.383. The van der Waals surface area contributed by atoms with E-state index in [1.54, 1.807) is 21.1 Å². The summed E-state index contributed by atoms with van der Waals surface area (Å²) in [6.07, 6.45) is 6.22. The highest BCUT2D eigenvalue weighted by Gasteiger charge is 2.13. The minimum Gasteiger partial charge on any atom is -0.493 e. The van der Waals surface area contributed by atoms with Crippen molar-refractivity contribution in [3.8, 4) is 11.5 Å². The predicted molar refractivity (Wildman–Crippen MR) is 92.6 cm³/mol. The molecule has 0 aromatic heterocycles. The lowest BCUT2D eigenvalue weighted by Crippen LogP contribution is -2.16. The largest absolute Gasteiger partial charge is 0.493 e. The molecule has 0 heterocycles. The van der Waals surface area contributed by atoms with Crippen molar-refractivity contribution in [3.63, 3.8) is 0 Å². The average Bonchev–Trinajstić information content (AvgIpc) is 2.60. The standard InChI is InChI=1S/C19H28O5/c1-4-24-19(21)16(20)11-9-7-5-6-8-10-15-12-13-17(22-2)18(14-15)23-3/h12-14H,4-11H2,1-3H3. The zero-order chi connectivity index (χ0) is 17.8. The van der Waals surface area contributed by atoms with Crippen LogP contribution >= 0.6 is 0 Å². The molecule has 0 radical (unpaired) electrons. The third-order valence-electron chi connectivity index (χ3n) is 3.82. The summed E-state index contributed by atoms with van der Waals surface area (Å²) in [5, 5.41) is 0. The van der Waals surface area contributed by atoms with Gasteiger partial charge in [-0.15, -0.1) is 0 Å². The first-order valence-electron chi connectivity index (χ1n) is 8.53. The molecule has 0 spiro atoms. The molecule has 5 heteroatoms. The Balaban J connectivity index is 2.16. The second-order valence-electron chi connectivity index (χ2n) is 5.60. The average molecular weight is 336 g/mol. The molecule has 5 nitrogen and oxygen atoms in total. The lowest BCUT2D eigenvalue weighted by Gasteiger charge is -2.09. The van der Waals surface area contributed by atoms with Crippen molar-refractivity contribution in [1.82, 2.24) is 0 Å². The number of carbonyl (C=O) groups is 2. The first kappa shape index (κ1) is 20.0. The Hall–Kier alpha value is -2.04. The number of Topliss-reactive ketones (excluding diaryl/α,β-unsaturated/α-hetero) is 1. The van der Waals surface area contributed by atoms with Crippen molar-refractivity contribution in [1.29, 1.82) is 0 Å². The number of unbranched alkanes of at least 4 members (excludes halogenated alkanes) is 4. The highest BCUT2D eigenvalue weighted by Crippen LogP contribution is 2.28. The highest BCUT2D eigenvalue weighted by molar-refractivity contribution is 6.33. The molecule has 0 amide bonds. The zero-order valence-electron chi connectivity index (χ0n) is 14.9. The third kappa shape index (κ3) is 7.02. The van der Waals surface area contributed by atoms with E-state index in [1.165, 1.54) is 5.56 Å². The van der Waals surface area contributed by atoms with Gasteiger partial charge >= 0.3 is 5.97 Å². The van der Waals surface area contributed by atoms with Gasteiger partial charge in [-0.25, -0.2) is 4.79 Å². The predicted octanol–water partition coefficient (Wildman–Crippen LogP) is 3.72. The SMILES string of the molecule is CCOC(=O)C(=O)CCCCCCCc1ccc(OC)c(OC)c1. The summed E-state index contributed by atoms with van der Waals surface area (Å²) in [6, 6.07) is 5.99. The second-order valence-corrected chi connectivity index (χ2v) is 5.60. The summed E-state index contributed by atoms with van der Waals surface area (Å²) in [6.45, 7) is 1.95. The molecule has 1 rings (SSSR count). The second kappa shape index (κ2) is 11.5. The van der Waals surface area contributed by atoms with Crippen molar-refractivity contribution in [2.24, 2.45) is 0 Å². The number of benzene rings is 1. The number of aryl methyl sites for hydroxylation is 1. The lowest BCUT2D eigenvalue weighted by atomic mass is 10.0. The molecule has 0 fully saturated rings. The number of methoxy groups -OCH3 is 2. The molecule has 1 aromatic rings. The summed E-state index contributed by atoms with van der Waals surface area (Å²) >= 11 is 0. The van der Waals surface area contributed by atoms with Crippen LogP contribution < -0.4 is 9.47 Å². The smallest absolute Gasteiger partial charge is 0.374 e. The number of carbonyl (C=O) groups excluding carboxylic acids is 2. The number of hydrogen-bond acceptors (Lipinski definition) is 5. The maximum absolute atomic E-state index is 11.4. The molecule has 0 saturated carbocycles. The Morgan fingerprint density at radius 3 is 2.25 bits per heavy atom. The van der Waals surface area contributed by atoms with Gasteiger partial charge in [0.2, 0.25) is 5.78 Å². The number of ether oxygens (including phenoxy) is 3. The minimum atomic E-state index is -0.703. The van der Waals surface area contributed by atoms with Crippen LogP contribution in [0.5, 0.6) is 11.5 Å². The topological polar surface area (TPSA) is 61.8 Å². The van der Waals surface area contributed by atoms with Crippen LogP contribution in [0.1, 0.15) is 51.0 Å². The van der Waals surface area contributed by atoms with Gasteiger partial charge in [0, 0.05) is 6.42 Å². The number of rotatable bonds is 12. The zero-order valence-corrected chi connectivity index (χ0v) is 14.9. The number of ketones is 1. The van der Waals surface area contributed by atoms with Crippen molar-refractivity contribution in [2.45, 2.75) is 51.9 Å². The molecular weight excluding hydrogens is 308 g/mol. The van der Waals surface area contributed by atoms with E-state index < -0.39 is 11.8 Å². The molecule has 0 aliphatic rings. The van der Waals surface area contributed by atoms with Crippen LogP contribution in [0, 0.1) is 0 Å². The van der Waals surface area contributed by atoms with Crippen LogP contribution in [0.2, 0.25) is 0 Å². The Bertz CT molecular complexity index is 524. The van der Waals surface area contributed by atoms with Crippen molar-refractivity contribution >= 4 is 11.8 Å². The lowest BCUT2D eigenvalue weighted by molar-refractivity contribution is -0.153. The van der Waals surface area contributed by atoms with E-state index in [4.69, 9.17) is 9.47 Å². The van der Waals surface area contributed by atoms with Gasteiger partial charge < -0.3 is 14.2 Å². The summed E-state index contributed by atoms with van der Waals surface area (Å²) in [5.41, 5.74) is 1.23. The Labute approximate surface area is 144 Å². The normalized spacial score (nSPS) is 10.3. The van der Waals surface area contributed by atoms with Crippen molar-refractivity contribution in [2.75, 3.05) is 20.8 Å². The molecule has 134 valence electrons. The molecule has 0 bridgehead atoms. The molecule has 0 unspecified atom stereocenters. The van der Waals surface area contributed by atoms with E-state index in [1.807, 2.05) is 12.1 Å². The van der Waals surface area contributed by atoms with Crippen LogP contribution in [0.3, 0.4) is 0 Å². The van der Waals surface area contributed by atoms with E-state index in [0.717, 1.165) is 50.0 Å².